The van der Waals surface area contributed by atoms with Crippen LogP contribution in [0.25, 0.3) is 0 Å². The highest BCUT2D eigenvalue weighted by Crippen LogP contribution is 2.20. The summed E-state index contributed by atoms with van der Waals surface area (Å²) >= 11 is 6.90. The van der Waals surface area contributed by atoms with Gasteiger partial charge >= 0.3 is 0 Å². The van der Waals surface area contributed by atoms with E-state index in [1.807, 2.05) is 27.9 Å². The Balaban J connectivity index is 0. The second kappa shape index (κ2) is 19.2. The zero-order valence-corrected chi connectivity index (χ0v) is 23.8. The molecule has 0 bridgehead atoms. The van der Waals surface area contributed by atoms with Gasteiger partial charge in [-0.15, -0.1) is 0 Å². The van der Waals surface area contributed by atoms with Crippen molar-refractivity contribution in [2.75, 3.05) is 98.9 Å². The third kappa shape index (κ3) is 20.6. The van der Waals surface area contributed by atoms with Crippen LogP contribution in [0, 0.1) is 17.8 Å². The molecule has 0 atom stereocenters. The second-order valence-corrected chi connectivity index (χ2v) is 10.5. The van der Waals surface area contributed by atoms with Gasteiger partial charge in [-0.25, -0.2) is 0 Å². The molecule has 184 valence electrons. The van der Waals surface area contributed by atoms with Crippen LogP contribution in [0.15, 0.2) is 0 Å². The Bertz CT molecular complexity index is 352. The number of hydrogen-bond acceptors (Lipinski definition) is 7. The van der Waals surface area contributed by atoms with Gasteiger partial charge in [0.25, 0.3) is 0 Å². The molecule has 1 rings (SSSR count). The minimum absolute atomic E-state index is 0.372. The second-order valence-electron chi connectivity index (χ2n) is 9.19. The highest BCUT2D eigenvalue weighted by Gasteiger charge is 2.28. The maximum absolute atomic E-state index is 5.53. The molecule has 4 N–H and O–H groups in total. The van der Waals surface area contributed by atoms with Crippen LogP contribution < -0.4 is 11.5 Å². The van der Waals surface area contributed by atoms with Crippen molar-refractivity contribution in [2.24, 2.45) is 29.2 Å². The summed E-state index contributed by atoms with van der Waals surface area (Å²) in [6.07, 6.45) is 0. The average Bonchev–Trinajstić information content (AvgIpc) is 2.66. The third-order valence-electron chi connectivity index (χ3n) is 4.31. The Morgan fingerprint density at radius 2 is 1.20 bits per heavy atom. The Morgan fingerprint density at radius 1 is 0.800 bits per heavy atom. The smallest absolute Gasteiger partial charge is 0.162 e. The van der Waals surface area contributed by atoms with Crippen molar-refractivity contribution < 1.29 is 9.47 Å². The first-order valence-electron chi connectivity index (χ1n) is 10.6. The van der Waals surface area contributed by atoms with Crippen LogP contribution in [0.5, 0.6) is 0 Å². The molecule has 1 fully saturated rings. The van der Waals surface area contributed by atoms with Crippen molar-refractivity contribution in [2.45, 2.75) is 19.6 Å². The normalized spacial score (nSPS) is 16.7. The predicted molar refractivity (Wildman–Crippen MR) is 138 cm³/mol. The highest BCUT2D eigenvalue weighted by atomic mass is 79.9. The van der Waals surface area contributed by atoms with E-state index in [2.05, 4.69) is 74.8 Å². The van der Waals surface area contributed by atoms with Crippen molar-refractivity contribution in [1.29, 1.82) is 0 Å². The Hall–Kier alpha value is 0.680. The SMILES string of the molecule is CN(C)CC(CBr)CBr.CN(C)CC(CN)CN.CN(C)CC1COC(C)(C)OC1. The van der Waals surface area contributed by atoms with E-state index in [9.17, 15) is 0 Å². The molecule has 1 heterocycles. The van der Waals surface area contributed by atoms with Crippen molar-refractivity contribution in [3.05, 3.63) is 0 Å². The van der Waals surface area contributed by atoms with Gasteiger partial charge in [-0.1, -0.05) is 31.9 Å². The number of ether oxygens (including phenoxy) is 2. The molecule has 0 radical (unpaired) electrons. The molecule has 1 aliphatic rings. The summed E-state index contributed by atoms with van der Waals surface area (Å²) in [6.45, 7) is 10.1. The van der Waals surface area contributed by atoms with Gasteiger partial charge in [0, 0.05) is 36.2 Å². The van der Waals surface area contributed by atoms with Crippen LogP contribution in [0.1, 0.15) is 13.8 Å². The van der Waals surface area contributed by atoms with E-state index < -0.39 is 0 Å². The molecule has 7 nitrogen and oxygen atoms in total. The first-order chi connectivity index (χ1) is 13.9. The zero-order chi connectivity index (χ0) is 23.7. The summed E-state index contributed by atoms with van der Waals surface area (Å²) < 4.78 is 11.1. The lowest BCUT2D eigenvalue weighted by Gasteiger charge is -2.35. The van der Waals surface area contributed by atoms with E-state index in [0.717, 1.165) is 49.4 Å². The minimum atomic E-state index is -0.372. The number of hydrogen-bond donors (Lipinski definition) is 2. The van der Waals surface area contributed by atoms with Gasteiger partial charge in [0.2, 0.25) is 0 Å². The van der Waals surface area contributed by atoms with Gasteiger partial charge in [0.1, 0.15) is 0 Å². The molecular weight excluding hydrogens is 514 g/mol. The van der Waals surface area contributed by atoms with E-state index >= 15 is 0 Å². The zero-order valence-electron chi connectivity index (χ0n) is 20.7. The van der Waals surface area contributed by atoms with Crippen LogP contribution in [0.3, 0.4) is 0 Å². The van der Waals surface area contributed by atoms with Gasteiger partial charge in [-0.2, -0.15) is 0 Å². The quantitative estimate of drug-likeness (QED) is 0.394. The fourth-order valence-corrected chi connectivity index (χ4v) is 4.25. The Labute approximate surface area is 203 Å². The average molecular weight is 563 g/mol. The summed E-state index contributed by atoms with van der Waals surface area (Å²) in [6, 6.07) is 0. The molecule has 0 aromatic rings. The molecule has 0 aromatic carbocycles. The van der Waals surface area contributed by atoms with Crippen LogP contribution in [-0.2, 0) is 9.47 Å². The van der Waals surface area contributed by atoms with Crippen molar-refractivity contribution in [1.82, 2.24) is 14.7 Å². The fourth-order valence-electron chi connectivity index (χ4n) is 2.77. The van der Waals surface area contributed by atoms with E-state index in [1.54, 1.807) is 0 Å². The van der Waals surface area contributed by atoms with Gasteiger partial charge in [0.15, 0.2) is 5.79 Å². The molecule has 9 heteroatoms. The molecule has 1 saturated heterocycles. The lowest BCUT2D eigenvalue weighted by Crippen LogP contribution is -2.42. The molecule has 0 aromatic heterocycles. The first kappa shape index (κ1) is 32.9. The summed E-state index contributed by atoms with van der Waals surface area (Å²) in [5.41, 5.74) is 10.8. The van der Waals surface area contributed by atoms with Crippen LogP contribution >= 0.6 is 31.9 Å². The number of rotatable bonds is 10. The minimum Gasteiger partial charge on any atom is -0.350 e. The van der Waals surface area contributed by atoms with E-state index in [0.29, 0.717) is 24.9 Å². The van der Waals surface area contributed by atoms with Gasteiger partial charge in [-0.3, -0.25) is 0 Å². The highest BCUT2D eigenvalue weighted by molar-refractivity contribution is 9.09. The van der Waals surface area contributed by atoms with Crippen molar-refractivity contribution >= 4 is 31.9 Å². The fraction of sp³-hybridized carbons (Fsp3) is 1.00. The van der Waals surface area contributed by atoms with Gasteiger partial charge < -0.3 is 35.6 Å². The van der Waals surface area contributed by atoms with E-state index in [-0.39, 0.29) is 5.79 Å². The Kier molecular flexibility index (Phi) is 21.0. The van der Waals surface area contributed by atoms with E-state index in [4.69, 9.17) is 20.9 Å². The lowest BCUT2D eigenvalue weighted by molar-refractivity contribution is -0.262. The van der Waals surface area contributed by atoms with Crippen molar-refractivity contribution in [3.63, 3.8) is 0 Å². The van der Waals surface area contributed by atoms with E-state index in [1.165, 1.54) is 0 Å². The predicted octanol–water partition coefficient (Wildman–Crippen LogP) is 1.98. The monoisotopic (exact) mass is 561 g/mol. The molecule has 0 unspecified atom stereocenters. The number of alkyl halides is 2. The first-order valence-corrected chi connectivity index (χ1v) is 12.9. The summed E-state index contributed by atoms with van der Waals surface area (Å²) in [4.78, 5) is 6.47. The summed E-state index contributed by atoms with van der Waals surface area (Å²) in [5, 5.41) is 2.16. The maximum Gasteiger partial charge on any atom is 0.162 e. The van der Waals surface area contributed by atoms with Crippen LogP contribution in [0.2, 0.25) is 0 Å². The molecule has 1 aliphatic heterocycles. The van der Waals surface area contributed by atoms with Crippen LogP contribution in [0.4, 0.5) is 0 Å². The molecule has 0 spiro atoms. The Morgan fingerprint density at radius 3 is 1.43 bits per heavy atom. The topological polar surface area (TPSA) is 80.2 Å². The lowest BCUT2D eigenvalue weighted by atomic mass is 10.1. The largest absolute Gasteiger partial charge is 0.350 e. The van der Waals surface area contributed by atoms with Gasteiger partial charge in [0.05, 0.1) is 13.2 Å². The van der Waals surface area contributed by atoms with Gasteiger partial charge in [-0.05, 0) is 81.1 Å². The summed E-state index contributed by atoms with van der Waals surface area (Å²) in [7, 11) is 12.4. The molecular formula is C21H49Br2N5O2. The van der Waals surface area contributed by atoms with Crippen LogP contribution in [-0.4, -0.2) is 119 Å². The van der Waals surface area contributed by atoms with Crippen molar-refractivity contribution in [3.8, 4) is 0 Å². The summed E-state index contributed by atoms with van der Waals surface area (Å²) in [5.74, 6) is 1.34. The molecule has 0 amide bonds. The number of nitrogens with two attached hydrogens (primary N) is 2. The molecule has 30 heavy (non-hydrogen) atoms. The number of halogens is 2. The molecule has 0 aliphatic carbocycles. The maximum atomic E-state index is 5.53. The standard InChI is InChI=1S/C9H19NO2.C6H13Br2N.C6H17N3/c1-9(2)11-6-8(7-12-9)5-10(3)4;2*1-9(2)5-6(3-7)4-8/h8H,5-7H2,1-4H3;6H,3-5H2,1-2H3;6H,3-5,7-8H2,1-2H3. The number of nitrogens with zero attached hydrogens (tertiary/aromatic N) is 3. The third-order valence-corrected chi connectivity index (χ3v) is 6.14. The molecule has 0 saturated carbocycles.